The Kier molecular flexibility index (Phi) is 7.75. The zero-order chi connectivity index (χ0) is 23.1. The summed E-state index contributed by atoms with van der Waals surface area (Å²) < 4.78 is 27.5. The molecular formula is C23H25F2N3O4. The normalized spacial score (nSPS) is 17.8. The SMILES string of the molecule is O=C(NCCc1ccccc1F)C1CN(C(=O)O)CC1C(=O)NCCc1ccccc1F. The number of nitrogens with zero attached hydrogens (tertiary/aromatic N) is 1. The number of likely N-dealkylation sites (tertiary alicyclic amines) is 1. The van der Waals surface area contributed by atoms with Crippen molar-refractivity contribution in [1.82, 2.24) is 15.5 Å². The summed E-state index contributed by atoms with van der Waals surface area (Å²) in [4.78, 5) is 37.8. The van der Waals surface area contributed by atoms with Crippen LogP contribution in [0.25, 0.3) is 0 Å². The van der Waals surface area contributed by atoms with Crippen LogP contribution in [0.15, 0.2) is 48.5 Å². The summed E-state index contributed by atoms with van der Waals surface area (Å²) in [6.07, 6.45) is -0.670. The Hall–Kier alpha value is -3.49. The fraction of sp³-hybridized carbons (Fsp3) is 0.348. The predicted octanol–water partition coefficient (Wildman–Crippen LogP) is 2.21. The average molecular weight is 445 g/mol. The first-order chi connectivity index (χ1) is 15.4. The third-order valence-corrected chi connectivity index (χ3v) is 5.57. The molecule has 0 aliphatic carbocycles. The molecule has 170 valence electrons. The van der Waals surface area contributed by atoms with Gasteiger partial charge in [-0.25, -0.2) is 13.6 Å². The third-order valence-electron chi connectivity index (χ3n) is 5.57. The molecule has 1 aliphatic heterocycles. The zero-order valence-electron chi connectivity index (χ0n) is 17.4. The number of hydrogen-bond acceptors (Lipinski definition) is 3. The molecule has 32 heavy (non-hydrogen) atoms. The highest BCUT2D eigenvalue weighted by Gasteiger charge is 2.43. The van der Waals surface area contributed by atoms with Crippen LogP contribution in [-0.4, -0.2) is 54.1 Å². The van der Waals surface area contributed by atoms with Crippen LogP contribution < -0.4 is 10.6 Å². The van der Waals surface area contributed by atoms with Crippen LogP contribution in [0.3, 0.4) is 0 Å². The number of carbonyl (C=O) groups excluding carboxylic acids is 2. The number of halogens is 2. The Morgan fingerprint density at radius 2 is 1.22 bits per heavy atom. The Morgan fingerprint density at radius 3 is 1.59 bits per heavy atom. The average Bonchev–Trinajstić information content (AvgIpc) is 3.22. The molecule has 0 radical (unpaired) electrons. The van der Waals surface area contributed by atoms with E-state index in [1.807, 2.05) is 0 Å². The molecular weight excluding hydrogens is 420 g/mol. The van der Waals surface area contributed by atoms with Crippen LogP contribution in [0.5, 0.6) is 0 Å². The molecule has 2 unspecified atom stereocenters. The van der Waals surface area contributed by atoms with E-state index in [2.05, 4.69) is 10.6 Å². The summed E-state index contributed by atoms with van der Waals surface area (Å²) in [6.45, 7) is 0.106. The number of amides is 3. The van der Waals surface area contributed by atoms with E-state index in [4.69, 9.17) is 0 Å². The lowest BCUT2D eigenvalue weighted by molar-refractivity contribution is -0.132. The van der Waals surface area contributed by atoms with Gasteiger partial charge >= 0.3 is 6.09 Å². The Balaban J connectivity index is 1.56. The second kappa shape index (κ2) is 10.7. The molecule has 1 saturated heterocycles. The van der Waals surface area contributed by atoms with Gasteiger partial charge in [0.2, 0.25) is 11.8 Å². The number of carboxylic acid groups (broad SMARTS) is 1. The summed E-state index contributed by atoms with van der Waals surface area (Å²) in [7, 11) is 0. The Bertz CT molecular complexity index is 914. The van der Waals surface area contributed by atoms with E-state index in [0.29, 0.717) is 11.1 Å². The fourth-order valence-electron chi connectivity index (χ4n) is 3.80. The maximum atomic E-state index is 13.7. The second-order valence-corrected chi connectivity index (χ2v) is 7.67. The minimum atomic E-state index is -1.21. The van der Waals surface area contributed by atoms with Crippen molar-refractivity contribution >= 4 is 17.9 Å². The van der Waals surface area contributed by atoms with Crippen molar-refractivity contribution in [2.45, 2.75) is 12.8 Å². The first-order valence-corrected chi connectivity index (χ1v) is 10.4. The lowest BCUT2D eigenvalue weighted by Gasteiger charge is -2.17. The lowest BCUT2D eigenvalue weighted by Crippen LogP contribution is -2.42. The molecule has 3 N–H and O–H groups in total. The minimum Gasteiger partial charge on any atom is -0.465 e. The number of benzene rings is 2. The van der Waals surface area contributed by atoms with Crippen LogP contribution in [0, 0.1) is 23.5 Å². The van der Waals surface area contributed by atoms with E-state index in [1.54, 1.807) is 36.4 Å². The molecule has 0 spiro atoms. The fourth-order valence-corrected chi connectivity index (χ4v) is 3.80. The van der Waals surface area contributed by atoms with Crippen molar-refractivity contribution in [3.05, 3.63) is 71.3 Å². The standard InChI is InChI=1S/C23H25F2N3O4/c24-19-7-3-1-5-15(19)9-11-26-21(29)17-13-28(23(31)32)14-18(17)22(30)27-12-10-16-6-2-4-8-20(16)25/h1-8,17-18H,9-14H2,(H,26,29)(H,27,30)(H,31,32). The van der Waals surface area contributed by atoms with Gasteiger partial charge in [0.15, 0.2) is 0 Å². The van der Waals surface area contributed by atoms with Gasteiger partial charge in [0.05, 0.1) is 11.8 Å². The molecule has 0 bridgehead atoms. The molecule has 1 fully saturated rings. The predicted molar refractivity (Wildman–Crippen MR) is 113 cm³/mol. The van der Waals surface area contributed by atoms with Gasteiger partial charge in [-0.05, 0) is 36.1 Å². The van der Waals surface area contributed by atoms with E-state index in [9.17, 15) is 28.3 Å². The Labute approximate surface area is 184 Å². The van der Waals surface area contributed by atoms with Gasteiger partial charge in [0.25, 0.3) is 0 Å². The van der Waals surface area contributed by atoms with Crippen LogP contribution in [0.1, 0.15) is 11.1 Å². The van der Waals surface area contributed by atoms with Gasteiger partial charge in [-0.15, -0.1) is 0 Å². The van der Waals surface area contributed by atoms with Crippen LogP contribution >= 0.6 is 0 Å². The zero-order valence-corrected chi connectivity index (χ0v) is 17.4. The van der Waals surface area contributed by atoms with Crippen molar-refractivity contribution in [1.29, 1.82) is 0 Å². The van der Waals surface area contributed by atoms with Crippen molar-refractivity contribution in [2.75, 3.05) is 26.2 Å². The molecule has 7 nitrogen and oxygen atoms in total. The Morgan fingerprint density at radius 1 is 0.812 bits per heavy atom. The van der Waals surface area contributed by atoms with Gasteiger partial charge < -0.3 is 20.6 Å². The van der Waals surface area contributed by atoms with Gasteiger partial charge in [0.1, 0.15) is 11.6 Å². The van der Waals surface area contributed by atoms with Crippen molar-refractivity contribution < 1.29 is 28.3 Å². The van der Waals surface area contributed by atoms with Gasteiger partial charge in [-0.3, -0.25) is 9.59 Å². The lowest BCUT2D eigenvalue weighted by atomic mass is 9.94. The summed E-state index contributed by atoms with van der Waals surface area (Å²) in [5.74, 6) is -3.38. The minimum absolute atomic E-state index is 0.105. The molecule has 0 saturated carbocycles. The molecule has 9 heteroatoms. The van der Waals surface area contributed by atoms with Gasteiger partial charge in [0, 0.05) is 26.2 Å². The first-order valence-electron chi connectivity index (χ1n) is 10.4. The van der Waals surface area contributed by atoms with Crippen LogP contribution in [-0.2, 0) is 22.4 Å². The van der Waals surface area contributed by atoms with Gasteiger partial charge in [-0.1, -0.05) is 36.4 Å². The first kappa shape index (κ1) is 23.2. The maximum absolute atomic E-state index is 13.7. The van der Waals surface area contributed by atoms with E-state index in [1.165, 1.54) is 12.1 Å². The second-order valence-electron chi connectivity index (χ2n) is 7.67. The molecule has 1 aliphatic rings. The quantitative estimate of drug-likeness (QED) is 0.580. The van der Waals surface area contributed by atoms with Crippen molar-refractivity contribution in [3.8, 4) is 0 Å². The summed E-state index contributed by atoms with van der Waals surface area (Å²) in [5, 5.41) is 14.7. The summed E-state index contributed by atoms with van der Waals surface area (Å²) in [6, 6.07) is 12.5. The van der Waals surface area contributed by atoms with E-state index in [-0.39, 0.29) is 50.7 Å². The molecule has 2 aromatic carbocycles. The van der Waals surface area contributed by atoms with E-state index >= 15 is 0 Å². The number of nitrogens with one attached hydrogen (secondary N) is 2. The smallest absolute Gasteiger partial charge is 0.407 e. The monoisotopic (exact) mass is 445 g/mol. The van der Waals surface area contributed by atoms with E-state index < -0.39 is 29.7 Å². The van der Waals surface area contributed by atoms with Crippen molar-refractivity contribution in [2.24, 2.45) is 11.8 Å². The van der Waals surface area contributed by atoms with Gasteiger partial charge in [-0.2, -0.15) is 0 Å². The molecule has 0 aromatic heterocycles. The van der Waals surface area contributed by atoms with Crippen LogP contribution in [0.2, 0.25) is 0 Å². The van der Waals surface area contributed by atoms with E-state index in [0.717, 1.165) is 4.90 Å². The third kappa shape index (κ3) is 5.81. The highest BCUT2D eigenvalue weighted by atomic mass is 19.1. The number of carbonyl (C=O) groups is 3. The molecule has 3 rings (SSSR count). The summed E-state index contributed by atoms with van der Waals surface area (Å²) >= 11 is 0. The highest BCUT2D eigenvalue weighted by molar-refractivity contribution is 5.89. The van der Waals surface area contributed by atoms with Crippen molar-refractivity contribution in [3.63, 3.8) is 0 Å². The topological polar surface area (TPSA) is 98.7 Å². The largest absolute Gasteiger partial charge is 0.465 e. The molecule has 2 atom stereocenters. The molecule has 3 amide bonds. The highest BCUT2D eigenvalue weighted by Crippen LogP contribution is 2.24. The maximum Gasteiger partial charge on any atom is 0.407 e. The molecule has 2 aromatic rings. The summed E-state index contributed by atoms with van der Waals surface area (Å²) in [5.41, 5.74) is 0.905. The van der Waals surface area contributed by atoms with Crippen LogP contribution in [0.4, 0.5) is 13.6 Å². The number of hydrogen-bond donors (Lipinski definition) is 3. The number of rotatable bonds is 8. The molecule has 1 heterocycles.